The fraction of sp³-hybridized carbons (Fsp3) is 0.538. The molecule has 1 N–H and O–H groups in total. The van der Waals surface area contributed by atoms with Gasteiger partial charge in [-0.3, -0.25) is 0 Å². The number of benzene rings is 1. The fourth-order valence-corrected chi connectivity index (χ4v) is 3.10. The van der Waals surface area contributed by atoms with Gasteiger partial charge >= 0.3 is 5.51 Å². The largest absolute Gasteiger partial charge is 0.501 e. The lowest BCUT2D eigenvalue weighted by Crippen LogP contribution is -2.34. The fourth-order valence-electron chi connectivity index (χ4n) is 2.18. The normalized spacial score (nSPS) is 17.1. The summed E-state index contributed by atoms with van der Waals surface area (Å²) in [6.45, 7) is 3.73. The standard InChI is InChI=1S/C13H16F3NO2S/c1-12(2,9-7-8-9)17-10-5-3-4-6-11(10)20(18,19)13(14,15)16/h3-6,9,17H,7-8H2,1-2H3. The summed E-state index contributed by atoms with van der Waals surface area (Å²) in [5.41, 5.74) is -5.73. The lowest BCUT2D eigenvalue weighted by atomic mass is 9.98. The van der Waals surface area contributed by atoms with E-state index in [1.165, 1.54) is 18.2 Å². The lowest BCUT2D eigenvalue weighted by Gasteiger charge is -2.28. The van der Waals surface area contributed by atoms with E-state index in [1.54, 1.807) is 0 Å². The van der Waals surface area contributed by atoms with Gasteiger partial charge in [0.05, 0.1) is 10.6 Å². The van der Waals surface area contributed by atoms with Gasteiger partial charge in [-0.15, -0.1) is 0 Å². The van der Waals surface area contributed by atoms with E-state index in [1.807, 2.05) is 13.8 Å². The Morgan fingerprint density at radius 2 is 1.70 bits per heavy atom. The third-order valence-electron chi connectivity index (χ3n) is 3.54. The first-order valence-electron chi connectivity index (χ1n) is 6.24. The van der Waals surface area contributed by atoms with Gasteiger partial charge in [-0.1, -0.05) is 12.1 Å². The molecule has 0 unspecified atom stereocenters. The smallest absolute Gasteiger partial charge is 0.379 e. The molecule has 0 aromatic heterocycles. The molecule has 0 atom stereocenters. The van der Waals surface area contributed by atoms with E-state index in [9.17, 15) is 21.6 Å². The Bertz CT molecular complexity index is 604. The summed E-state index contributed by atoms with van der Waals surface area (Å²) in [6, 6.07) is 5.14. The molecule has 0 amide bonds. The summed E-state index contributed by atoms with van der Waals surface area (Å²) >= 11 is 0. The third-order valence-corrected chi connectivity index (χ3v) is 5.08. The van der Waals surface area contributed by atoms with Crippen molar-refractivity contribution in [1.29, 1.82) is 0 Å². The molecule has 7 heteroatoms. The highest BCUT2D eigenvalue weighted by atomic mass is 32.2. The molecule has 112 valence electrons. The number of hydrogen-bond acceptors (Lipinski definition) is 3. The average Bonchev–Trinajstić information content (AvgIpc) is 3.11. The minimum Gasteiger partial charge on any atom is -0.379 e. The number of nitrogens with one attached hydrogen (secondary N) is 1. The number of para-hydroxylation sites is 1. The summed E-state index contributed by atoms with van der Waals surface area (Å²) in [5, 5.41) is 2.95. The van der Waals surface area contributed by atoms with Crippen molar-refractivity contribution >= 4 is 15.5 Å². The molecule has 0 heterocycles. The van der Waals surface area contributed by atoms with Gasteiger partial charge in [0.2, 0.25) is 0 Å². The molecule has 0 bridgehead atoms. The van der Waals surface area contributed by atoms with Crippen LogP contribution in [0.3, 0.4) is 0 Å². The molecule has 1 saturated carbocycles. The van der Waals surface area contributed by atoms with Crippen molar-refractivity contribution in [2.45, 2.75) is 42.6 Å². The van der Waals surface area contributed by atoms with Crippen molar-refractivity contribution in [1.82, 2.24) is 0 Å². The minimum absolute atomic E-state index is 0.00160. The number of sulfone groups is 1. The summed E-state index contributed by atoms with van der Waals surface area (Å²) in [4.78, 5) is -0.721. The maximum Gasteiger partial charge on any atom is 0.501 e. The van der Waals surface area contributed by atoms with Crippen LogP contribution in [0.15, 0.2) is 29.2 Å². The average molecular weight is 307 g/mol. The molecule has 0 aliphatic heterocycles. The van der Waals surface area contributed by atoms with Crippen LogP contribution in [0.4, 0.5) is 18.9 Å². The molecule has 0 saturated heterocycles. The highest BCUT2D eigenvalue weighted by Gasteiger charge is 2.48. The molecule has 1 aliphatic rings. The molecule has 0 spiro atoms. The quantitative estimate of drug-likeness (QED) is 0.925. The Kier molecular flexibility index (Phi) is 3.52. The zero-order valence-electron chi connectivity index (χ0n) is 11.2. The van der Waals surface area contributed by atoms with Crippen LogP contribution in [-0.4, -0.2) is 19.5 Å². The molecule has 1 fully saturated rings. The Morgan fingerprint density at radius 1 is 1.15 bits per heavy atom. The van der Waals surface area contributed by atoms with Crippen LogP contribution < -0.4 is 5.32 Å². The highest BCUT2D eigenvalue weighted by molar-refractivity contribution is 7.92. The second kappa shape index (κ2) is 4.65. The first-order valence-corrected chi connectivity index (χ1v) is 7.72. The molecular weight excluding hydrogens is 291 g/mol. The predicted molar refractivity (Wildman–Crippen MR) is 70.1 cm³/mol. The van der Waals surface area contributed by atoms with Crippen molar-refractivity contribution in [3.8, 4) is 0 Å². The first kappa shape index (κ1) is 15.2. The van der Waals surface area contributed by atoms with Crippen LogP contribution in [0.1, 0.15) is 26.7 Å². The van der Waals surface area contributed by atoms with Crippen LogP contribution in [0.2, 0.25) is 0 Å². The van der Waals surface area contributed by atoms with E-state index >= 15 is 0 Å². The summed E-state index contributed by atoms with van der Waals surface area (Å²) in [5.74, 6) is 0.351. The second-order valence-corrected chi connectivity index (χ2v) is 7.48. The summed E-state index contributed by atoms with van der Waals surface area (Å²) in [6.07, 6.45) is 1.99. The first-order chi connectivity index (χ1) is 9.06. The minimum atomic E-state index is -5.35. The van der Waals surface area contributed by atoms with Crippen LogP contribution in [-0.2, 0) is 9.84 Å². The van der Waals surface area contributed by atoms with Gasteiger partial charge in [0.25, 0.3) is 9.84 Å². The van der Waals surface area contributed by atoms with Gasteiger partial charge in [-0.05, 0) is 44.7 Å². The van der Waals surface area contributed by atoms with E-state index in [4.69, 9.17) is 0 Å². The van der Waals surface area contributed by atoms with Gasteiger partial charge in [0, 0.05) is 5.54 Å². The van der Waals surface area contributed by atoms with Crippen LogP contribution in [0.25, 0.3) is 0 Å². The van der Waals surface area contributed by atoms with Crippen molar-refractivity contribution in [3.05, 3.63) is 24.3 Å². The maximum atomic E-state index is 12.7. The Morgan fingerprint density at radius 3 is 2.20 bits per heavy atom. The van der Waals surface area contributed by atoms with E-state index < -0.39 is 25.8 Å². The zero-order chi connectivity index (χ0) is 15.2. The van der Waals surface area contributed by atoms with Crippen molar-refractivity contribution in [2.75, 3.05) is 5.32 Å². The van der Waals surface area contributed by atoms with Crippen molar-refractivity contribution in [3.63, 3.8) is 0 Å². The monoisotopic (exact) mass is 307 g/mol. The number of alkyl halides is 3. The van der Waals surface area contributed by atoms with Crippen LogP contribution in [0.5, 0.6) is 0 Å². The van der Waals surface area contributed by atoms with Gasteiger partial charge < -0.3 is 5.32 Å². The Hall–Kier alpha value is -1.24. The lowest BCUT2D eigenvalue weighted by molar-refractivity contribution is -0.0435. The third kappa shape index (κ3) is 2.77. The van der Waals surface area contributed by atoms with Crippen molar-refractivity contribution < 1.29 is 21.6 Å². The molecule has 1 aromatic carbocycles. The molecule has 2 rings (SSSR count). The van der Waals surface area contributed by atoms with Crippen LogP contribution >= 0.6 is 0 Å². The predicted octanol–water partition coefficient (Wildman–Crippen LogP) is 3.58. The van der Waals surface area contributed by atoms with Crippen molar-refractivity contribution in [2.24, 2.45) is 5.92 Å². The van der Waals surface area contributed by atoms with E-state index in [-0.39, 0.29) is 5.69 Å². The van der Waals surface area contributed by atoms with E-state index in [2.05, 4.69) is 5.32 Å². The van der Waals surface area contributed by atoms with E-state index in [0.29, 0.717) is 5.92 Å². The molecule has 3 nitrogen and oxygen atoms in total. The molecule has 1 aliphatic carbocycles. The number of rotatable bonds is 4. The summed E-state index contributed by atoms with van der Waals surface area (Å²) in [7, 11) is -5.35. The topological polar surface area (TPSA) is 46.2 Å². The highest BCUT2D eigenvalue weighted by Crippen LogP contribution is 2.42. The zero-order valence-corrected chi connectivity index (χ0v) is 12.0. The molecule has 0 radical (unpaired) electrons. The number of halogens is 3. The summed E-state index contributed by atoms with van der Waals surface area (Å²) < 4.78 is 61.2. The number of hydrogen-bond donors (Lipinski definition) is 1. The maximum absolute atomic E-state index is 12.7. The van der Waals surface area contributed by atoms with Gasteiger partial charge in [0.1, 0.15) is 0 Å². The molecule has 20 heavy (non-hydrogen) atoms. The van der Waals surface area contributed by atoms with Gasteiger partial charge in [-0.25, -0.2) is 8.42 Å². The van der Waals surface area contributed by atoms with Crippen LogP contribution in [0, 0.1) is 5.92 Å². The number of anilines is 1. The molecular formula is C13H16F3NO2S. The Balaban J connectivity index is 2.41. The SMILES string of the molecule is CC(C)(Nc1ccccc1S(=O)(=O)C(F)(F)F)C1CC1. The van der Waals surface area contributed by atoms with E-state index in [0.717, 1.165) is 18.9 Å². The van der Waals surface area contributed by atoms with Gasteiger partial charge in [-0.2, -0.15) is 13.2 Å². The Labute approximate surface area is 116 Å². The van der Waals surface area contributed by atoms with Gasteiger partial charge in [0.15, 0.2) is 0 Å². The molecule has 1 aromatic rings. The second-order valence-electron chi connectivity index (χ2n) is 5.57.